The number of rotatable bonds is 4. The molecule has 0 aliphatic heterocycles. The molecule has 0 bridgehead atoms. The zero-order valence-electron chi connectivity index (χ0n) is 8.48. The summed E-state index contributed by atoms with van der Waals surface area (Å²) >= 11 is 0. The Labute approximate surface area is 106 Å². The second kappa shape index (κ2) is 7.07. The average Bonchev–Trinajstić information content (AvgIpc) is 2.31. The Morgan fingerprint density at radius 3 is 1.41 bits per heavy atom. The molecule has 0 heterocycles. The third-order valence-electron chi connectivity index (χ3n) is 1.85. The van der Waals surface area contributed by atoms with Crippen molar-refractivity contribution in [3.63, 3.8) is 0 Å². The van der Waals surface area contributed by atoms with E-state index in [9.17, 15) is 4.89 Å². The molecule has 0 aromatic heterocycles. The molecule has 90 valence electrons. The molecule has 0 fully saturated rings. The van der Waals surface area contributed by atoms with Crippen LogP contribution in [-0.4, -0.2) is 15.9 Å². The minimum Gasteiger partial charge on any atom is -0.418 e. The molecule has 0 saturated carbocycles. The van der Waals surface area contributed by atoms with Crippen LogP contribution in [0.3, 0.4) is 0 Å². The minimum absolute atomic E-state index is 0. The molecule has 0 atom stereocenters. The molecule has 0 spiro atoms. The predicted octanol–water partition coefficient (Wildman–Crippen LogP) is 1.91. The molecule has 0 aliphatic carbocycles. The minimum atomic E-state index is -1.93. The Morgan fingerprint density at radius 2 is 1.06 bits per heavy atom. The summed E-state index contributed by atoms with van der Waals surface area (Å²) < 4.78 is 10.4. The van der Waals surface area contributed by atoms with Crippen molar-refractivity contribution in [3.8, 4) is 11.5 Å². The van der Waals surface area contributed by atoms with Crippen LogP contribution in [0.2, 0.25) is 0 Å². The third kappa shape index (κ3) is 4.57. The van der Waals surface area contributed by atoms with Crippen LogP contribution in [-0.2, 0) is 0 Å². The Morgan fingerprint density at radius 1 is 0.706 bits per heavy atom. The molecule has 3 nitrogen and oxygen atoms in total. The van der Waals surface area contributed by atoms with E-state index in [4.69, 9.17) is 9.05 Å². The normalized spacial score (nSPS) is 9.53. The van der Waals surface area contributed by atoms with Crippen molar-refractivity contribution in [3.05, 3.63) is 60.7 Å². The van der Waals surface area contributed by atoms with E-state index in [0.29, 0.717) is 11.5 Å². The maximum absolute atomic E-state index is 9.58. The van der Waals surface area contributed by atoms with E-state index < -0.39 is 8.60 Å². The van der Waals surface area contributed by atoms with Crippen molar-refractivity contribution in [2.75, 3.05) is 0 Å². The molecule has 0 saturated heterocycles. The van der Waals surface area contributed by atoms with Gasteiger partial charge in [-0.3, -0.25) is 0 Å². The molecule has 2 aromatic rings. The van der Waals surface area contributed by atoms with Crippen LogP contribution in [0.15, 0.2) is 60.7 Å². The summed E-state index contributed by atoms with van der Waals surface area (Å²) in [5.74, 6) is 1.18. The van der Waals surface area contributed by atoms with Crippen LogP contribution in [0.5, 0.6) is 11.5 Å². The summed E-state index contributed by atoms with van der Waals surface area (Å²) in [7, 11) is -1.93. The lowest BCUT2D eigenvalue weighted by atomic mass is 10.3. The molecule has 2 aromatic carbocycles. The number of hydrogen-bond acceptors (Lipinski definition) is 3. The fourth-order valence-electron chi connectivity index (χ4n) is 1.16. The van der Waals surface area contributed by atoms with Gasteiger partial charge in [-0.25, -0.2) is 0 Å². The number of para-hydroxylation sites is 2. The summed E-state index contributed by atoms with van der Waals surface area (Å²) in [5, 5.41) is 0. The van der Waals surface area contributed by atoms with Crippen molar-refractivity contribution in [1.82, 2.24) is 0 Å². The Balaban J connectivity index is 0.00000144. The number of hydrogen-bond donors (Lipinski definition) is 1. The van der Waals surface area contributed by atoms with E-state index in [0.717, 1.165) is 0 Å². The van der Waals surface area contributed by atoms with E-state index in [-0.39, 0.29) is 11.0 Å². The lowest BCUT2D eigenvalue weighted by molar-refractivity contribution is 0.382. The van der Waals surface area contributed by atoms with Crippen molar-refractivity contribution < 1.29 is 13.9 Å². The van der Waals surface area contributed by atoms with Crippen LogP contribution in [0, 0.1) is 0 Å². The smallest absolute Gasteiger partial charge is 0.418 e. The van der Waals surface area contributed by atoms with E-state index in [2.05, 4.69) is 0 Å². The zero-order valence-corrected chi connectivity index (χ0v) is 9.38. The molecule has 0 aliphatic rings. The highest BCUT2D eigenvalue weighted by Crippen LogP contribution is 2.35. The fourth-order valence-corrected chi connectivity index (χ4v) is 1.80. The van der Waals surface area contributed by atoms with Crippen molar-refractivity contribution in [2.45, 2.75) is 0 Å². The van der Waals surface area contributed by atoms with Crippen LogP contribution in [0.4, 0.5) is 0 Å². The van der Waals surface area contributed by atoms with Gasteiger partial charge in [-0.15, -0.1) is 0 Å². The summed E-state index contributed by atoms with van der Waals surface area (Å²) in [5.41, 5.74) is 0. The Bertz CT molecular complexity index is 383. The molecule has 5 heteroatoms. The van der Waals surface area contributed by atoms with Crippen LogP contribution in [0.25, 0.3) is 0 Å². The highest BCUT2D eigenvalue weighted by Gasteiger charge is 2.10. The quantitative estimate of drug-likeness (QED) is 0.678. The second-order valence-corrected chi connectivity index (χ2v) is 3.89. The van der Waals surface area contributed by atoms with Crippen LogP contribution >= 0.6 is 8.60 Å². The molecule has 2 rings (SSSR count). The monoisotopic (exact) mass is 266 g/mol. The second-order valence-electron chi connectivity index (χ2n) is 3.05. The van der Waals surface area contributed by atoms with Gasteiger partial charge < -0.3 is 13.9 Å². The zero-order chi connectivity index (χ0) is 11.2. The SMILES string of the molecule is OP(Oc1ccccc1)Oc1ccccc1.[SiH4]. The van der Waals surface area contributed by atoms with Gasteiger partial charge >= 0.3 is 8.60 Å². The topological polar surface area (TPSA) is 38.7 Å². The van der Waals surface area contributed by atoms with Crippen molar-refractivity contribution in [1.29, 1.82) is 0 Å². The van der Waals surface area contributed by atoms with Crippen molar-refractivity contribution >= 4 is 19.6 Å². The Hall–Kier alpha value is -1.35. The van der Waals surface area contributed by atoms with Gasteiger partial charge in [0.2, 0.25) is 0 Å². The highest BCUT2D eigenvalue weighted by molar-refractivity contribution is 7.41. The van der Waals surface area contributed by atoms with Gasteiger partial charge in [0.05, 0.1) is 0 Å². The van der Waals surface area contributed by atoms with E-state index in [1.807, 2.05) is 36.4 Å². The first-order chi connectivity index (χ1) is 7.84. The van der Waals surface area contributed by atoms with Crippen LogP contribution in [0.1, 0.15) is 0 Å². The first-order valence-electron chi connectivity index (χ1n) is 4.79. The lowest BCUT2D eigenvalue weighted by Crippen LogP contribution is -1.93. The third-order valence-corrected chi connectivity index (χ3v) is 2.59. The molecule has 1 N–H and O–H groups in total. The van der Waals surface area contributed by atoms with Gasteiger partial charge in [-0.2, -0.15) is 0 Å². The van der Waals surface area contributed by atoms with Gasteiger partial charge in [0.15, 0.2) is 0 Å². The standard InChI is InChI=1S/C12H11O3P.H4Si/c13-16(14-11-7-3-1-4-8-11)15-12-9-5-2-6-10-12;/h1-10,13H;1H4. The van der Waals surface area contributed by atoms with E-state index in [1.165, 1.54) is 0 Å². The van der Waals surface area contributed by atoms with E-state index in [1.54, 1.807) is 24.3 Å². The summed E-state index contributed by atoms with van der Waals surface area (Å²) in [4.78, 5) is 9.58. The molecule has 0 amide bonds. The molecule has 0 unspecified atom stereocenters. The number of benzene rings is 2. The van der Waals surface area contributed by atoms with Gasteiger partial charge in [-0.1, -0.05) is 36.4 Å². The van der Waals surface area contributed by atoms with Gasteiger partial charge in [0.25, 0.3) is 0 Å². The summed E-state index contributed by atoms with van der Waals surface area (Å²) in [6, 6.07) is 18.2. The van der Waals surface area contributed by atoms with Crippen molar-refractivity contribution in [2.24, 2.45) is 0 Å². The molecular weight excluding hydrogens is 251 g/mol. The maximum atomic E-state index is 9.58. The molecular formula is C12H15O3PSi. The van der Waals surface area contributed by atoms with E-state index >= 15 is 0 Å². The summed E-state index contributed by atoms with van der Waals surface area (Å²) in [6.45, 7) is 0. The predicted molar refractivity (Wildman–Crippen MR) is 74.6 cm³/mol. The lowest BCUT2D eigenvalue weighted by Gasteiger charge is -2.11. The van der Waals surface area contributed by atoms with Crippen LogP contribution < -0.4 is 9.05 Å². The Kier molecular flexibility index (Phi) is 5.70. The first kappa shape index (κ1) is 13.7. The first-order valence-corrected chi connectivity index (χ1v) is 5.93. The summed E-state index contributed by atoms with van der Waals surface area (Å²) in [6.07, 6.45) is 0. The molecule has 0 radical (unpaired) electrons. The molecule has 17 heavy (non-hydrogen) atoms. The highest BCUT2D eigenvalue weighted by atomic mass is 31.2. The van der Waals surface area contributed by atoms with Gasteiger partial charge in [0, 0.05) is 0 Å². The maximum Gasteiger partial charge on any atom is 0.460 e. The average molecular weight is 266 g/mol. The van der Waals surface area contributed by atoms with Gasteiger partial charge in [0.1, 0.15) is 11.5 Å². The fraction of sp³-hybridized carbons (Fsp3) is 0. The van der Waals surface area contributed by atoms with Gasteiger partial charge in [-0.05, 0) is 35.2 Å². The largest absolute Gasteiger partial charge is 0.460 e.